The number of hydrogen-bond donors (Lipinski definition) is 2. The molecular formula is C24H31N3O3. The van der Waals surface area contributed by atoms with Crippen molar-refractivity contribution in [2.24, 2.45) is 5.92 Å². The first-order valence-corrected chi connectivity index (χ1v) is 10.6. The minimum Gasteiger partial charge on any atom is -0.383 e. The van der Waals surface area contributed by atoms with Gasteiger partial charge in [0.25, 0.3) is 5.91 Å². The monoisotopic (exact) mass is 409 g/mol. The number of carbonyl (C=O) groups excluding carboxylic acids is 2. The molecule has 6 nitrogen and oxygen atoms in total. The molecule has 1 aliphatic heterocycles. The molecule has 0 saturated carbocycles. The summed E-state index contributed by atoms with van der Waals surface area (Å²) in [4.78, 5) is 26.4. The van der Waals surface area contributed by atoms with Gasteiger partial charge in [-0.3, -0.25) is 4.79 Å². The van der Waals surface area contributed by atoms with Crippen molar-refractivity contribution in [1.29, 1.82) is 0 Å². The van der Waals surface area contributed by atoms with Crippen molar-refractivity contribution in [3.05, 3.63) is 71.3 Å². The van der Waals surface area contributed by atoms with E-state index < -0.39 is 0 Å². The van der Waals surface area contributed by atoms with Crippen LogP contribution < -0.4 is 10.6 Å². The maximum Gasteiger partial charge on any atom is 0.317 e. The highest BCUT2D eigenvalue weighted by Crippen LogP contribution is 2.22. The average Bonchev–Trinajstić information content (AvgIpc) is 2.79. The maximum atomic E-state index is 12.4. The largest absolute Gasteiger partial charge is 0.383 e. The molecule has 2 N–H and O–H groups in total. The van der Waals surface area contributed by atoms with Crippen LogP contribution in [0.2, 0.25) is 0 Å². The van der Waals surface area contributed by atoms with Crippen LogP contribution in [0.25, 0.3) is 0 Å². The number of ether oxygens (including phenoxy) is 1. The zero-order valence-corrected chi connectivity index (χ0v) is 17.6. The zero-order chi connectivity index (χ0) is 21.2. The van der Waals surface area contributed by atoms with Crippen molar-refractivity contribution in [2.45, 2.75) is 25.8 Å². The summed E-state index contributed by atoms with van der Waals surface area (Å²) in [5, 5.41) is 5.84. The standard InChI is InChI=1S/C24H31N3O3/c1-30-16-13-25-23(28)22-9-7-19(8-10-22)17-20-11-14-27(15-12-20)24(29)26-18-21-5-3-2-4-6-21/h2-10,20H,11-18H2,1H3,(H,25,28)(H,26,29). The lowest BCUT2D eigenvalue weighted by atomic mass is 9.90. The Hall–Kier alpha value is -2.86. The second kappa shape index (κ2) is 11.4. The molecular weight excluding hydrogens is 378 g/mol. The molecule has 6 heteroatoms. The van der Waals surface area contributed by atoms with Gasteiger partial charge in [0.05, 0.1) is 6.61 Å². The van der Waals surface area contributed by atoms with E-state index in [0.717, 1.165) is 37.9 Å². The van der Waals surface area contributed by atoms with Gasteiger partial charge in [-0.25, -0.2) is 4.79 Å². The highest BCUT2D eigenvalue weighted by molar-refractivity contribution is 5.94. The Morgan fingerprint density at radius 3 is 2.33 bits per heavy atom. The second-order valence-electron chi connectivity index (χ2n) is 7.72. The van der Waals surface area contributed by atoms with Crippen molar-refractivity contribution < 1.29 is 14.3 Å². The first-order valence-electron chi connectivity index (χ1n) is 10.6. The third-order valence-electron chi connectivity index (χ3n) is 5.52. The number of hydrogen-bond acceptors (Lipinski definition) is 3. The highest BCUT2D eigenvalue weighted by Gasteiger charge is 2.22. The summed E-state index contributed by atoms with van der Waals surface area (Å²) in [6.45, 7) is 3.14. The fourth-order valence-electron chi connectivity index (χ4n) is 3.72. The van der Waals surface area contributed by atoms with Crippen LogP contribution in [0.1, 0.15) is 34.3 Å². The molecule has 1 aliphatic rings. The number of carbonyl (C=O) groups is 2. The van der Waals surface area contributed by atoms with Gasteiger partial charge in [-0.05, 0) is 48.4 Å². The van der Waals surface area contributed by atoms with Gasteiger partial charge in [0.2, 0.25) is 0 Å². The third-order valence-corrected chi connectivity index (χ3v) is 5.52. The van der Waals surface area contributed by atoms with Crippen molar-refractivity contribution in [3.8, 4) is 0 Å². The number of amides is 3. The van der Waals surface area contributed by atoms with Gasteiger partial charge in [0.1, 0.15) is 0 Å². The molecule has 0 bridgehead atoms. The van der Waals surface area contributed by atoms with Crippen LogP contribution >= 0.6 is 0 Å². The molecule has 0 aliphatic carbocycles. The van der Waals surface area contributed by atoms with Crippen LogP contribution in [0, 0.1) is 5.92 Å². The van der Waals surface area contributed by atoms with Crippen molar-refractivity contribution in [1.82, 2.24) is 15.5 Å². The molecule has 1 heterocycles. The molecule has 0 atom stereocenters. The number of nitrogens with one attached hydrogen (secondary N) is 2. The Bertz CT molecular complexity index is 800. The van der Waals surface area contributed by atoms with E-state index in [1.807, 2.05) is 59.5 Å². The summed E-state index contributed by atoms with van der Waals surface area (Å²) in [5.41, 5.74) is 3.01. The van der Waals surface area contributed by atoms with E-state index in [-0.39, 0.29) is 11.9 Å². The third kappa shape index (κ3) is 6.59. The molecule has 1 fully saturated rings. The predicted octanol–water partition coefficient (Wildman–Crippen LogP) is 3.23. The lowest BCUT2D eigenvalue weighted by Gasteiger charge is -2.32. The number of likely N-dealkylation sites (tertiary alicyclic amines) is 1. The van der Waals surface area contributed by atoms with E-state index in [9.17, 15) is 9.59 Å². The first-order chi connectivity index (χ1) is 14.7. The Morgan fingerprint density at radius 2 is 1.67 bits per heavy atom. The molecule has 0 unspecified atom stereocenters. The minimum atomic E-state index is -0.0755. The van der Waals surface area contributed by atoms with E-state index in [0.29, 0.717) is 31.2 Å². The van der Waals surface area contributed by atoms with Crippen molar-refractivity contribution >= 4 is 11.9 Å². The summed E-state index contributed by atoms with van der Waals surface area (Å²) in [6.07, 6.45) is 2.97. The molecule has 160 valence electrons. The number of methoxy groups -OCH3 is 1. The molecule has 0 spiro atoms. The van der Waals surface area contributed by atoms with Crippen LogP contribution in [0.5, 0.6) is 0 Å². The van der Waals surface area contributed by atoms with Crippen LogP contribution in [-0.4, -0.2) is 50.2 Å². The van der Waals surface area contributed by atoms with E-state index in [2.05, 4.69) is 10.6 Å². The molecule has 0 radical (unpaired) electrons. The molecule has 3 rings (SSSR count). The van der Waals surface area contributed by atoms with Gasteiger partial charge in [-0.15, -0.1) is 0 Å². The fourth-order valence-corrected chi connectivity index (χ4v) is 3.72. The first kappa shape index (κ1) is 21.8. The SMILES string of the molecule is COCCNC(=O)c1ccc(CC2CCN(C(=O)NCc3ccccc3)CC2)cc1. The van der Waals surface area contributed by atoms with E-state index in [1.54, 1.807) is 7.11 Å². The van der Waals surface area contributed by atoms with Gasteiger partial charge < -0.3 is 20.3 Å². The number of piperidine rings is 1. The molecule has 1 saturated heterocycles. The Morgan fingerprint density at radius 1 is 0.967 bits per heavy atom. The molecule has 2 aromatic carbocycles. The predicted molar refractivity (Wildman–Crippen MR) is 117 cm³/mol. The zero-order valence-electron chi connectivity index (χ0n) is 17.6. The van der Waals surface area contributed by atoms with E-state index >= 15 is 0 Å². The fraction of sp³-hybridized carbons (Fsp3) is 0.417. The topological polar surface area (TPSA) is 70.7 Å². The molecule has 3 amide bonds. The molecule has 0 aromatic heterocycles. The van der Waals surface area contributed by atoms with Gasteiger partial charge in [-0.1, -0.05) is 42.5 Å². The lowest BCUT2D eigenvalue weighted by Crippen LogP contribution is -2.44. The number of urea groups is 1. The summed E-state index contributed by atoms with van der Waals surface area (Å²) in [5.74, 6) is 0.484. The highest BCUT2D eigenvalue weighted by atomic mass is 16.5. The number of benzene rings is 2. The Labute approximate surface area is 178 Å². The van der Waals surface area contributed by atoms with Crippen molar-refractivity contribution in [3.63, 3.8) is 0 Å². The van der Waals surface area contributed by atoms with Crippen LogP contribution in [0.3, 0.4) is 0 Å². The molecule has 2 aromatic rings. The number of nitrogens with zero attached hydrogens (tertiary/aromatic N) is 1. The van der Waals surface area contributed by atoms with E-state index in [1.165, 1.54) is 5.56 Å². The average molecular weight is 410 g/mol. The van der Waals surface area contributed by atoms with Crippen LogP contribution in [0.4, 0.5) is 4.79 Å². The lowest BCUT2D eigenvalue weighted by molar-refractivity contribution is 0.0937. The quantitative estimate of drug-likeness (QED) is 0.658. The van der Waals surface area contributed by atoms with Gasteiger partial charge in [0.15, 0.2) is 0 Å². The summed E-state index contributed by atoms with van der Waals surface area (Å²) in [7, 11) is 1.61. The van der Waals surface area contributed by atoms with Crippen molar-refractivity contribution in [2.75, 3.05) is 33.4 Å². The van der Waals surface area contributed by atoms with Crippen LogP contribution in [0.15, 0.2) is 54.6 Å². The summed E-state index contributed by atoms with van der Waals surface area (Å²) < 4.78 is 4.94. The maximum absolute atomic E-state index is 12.4. The van der Waals surface area contributed by atoms with Gasteiger partial charge in [0, 0.05) is 38.9 Å². The Balaban J connectivity index is 1.40. The smallest absolute Gasteiger partial charge is 0.317 e. The van der Waals surface area contributed by atoms with E-state index in [4.69, 9.17) is 4.74 Å². The van der Waals surface area contributed by atoms with Crippen LogP contribution in [-0.2, 0) is 17.7 Å². The molecule has 30 heavy (non-hydrogen) atoms. The second-order valence-corrected chi connectivity index (χ2v) is 7.72. The minimum absolute atomic E-state index is 0.0149. The summed E-state index contributed by atoms with van der Waals surface area (Å²) in [6, 6.07) is 17.8. The van der Waals surface area contributed by atoms with Gasteiger partial charge in [-0.2, -0.15) is 0 Å². The summed E-state index contributed by atoms with van der Waals surface area (Å²) >= 11 is 0. The number of rotatable bonds is 8. The Kier molecular flexibility index (Phi) is 8.27. The van der Waals surface area contributed by atoms with Gasteiger partial charge >= 0.3 is 6.03 Å². The normalized spacial score (nSPS) is 14.4.